The van der Waals surface area contributed by atoms with Crippen molar-refractivity contribution in [3.05, 3.63) is 53.7 Å². The maximum atomic E-state index is 13.6. The van der Waals surface area contributed by atoms with E-state index in [1.54, 1.807) is 43.3 Å². The number of rotatable bonds is 9. The number of hydrogen-bond donors (Lipinski definition) is 3. The zero-order chi connectivity index (χ0) is 30.9. The number of anilines is 2. The second-order valence-corrected chi connectivity index (χ2v) is 10.2. The van der Waals surface area contributed by atoms with Gasteiger partial charge in [0, 0.05) is 42.3 Å². The van der Waals surface area contributed by atoms with E-state index in [9.17, 15) is 23.1 Å². The summed E-state index contributed by atoms with van der Waals surface area (Å²) in [5.74, 6) is 6.24. The molecule has 2 aromatic carbocycles. The van der Waals surface area contributed by atoms with Crippen molar-refractivity contribution in [3.63, 3.8) is 0 Å². The summed E-state index contributed by atoms with van der Waals surface area (Å²) < 4.78 is 47.2. The number of ketones is 1. The van der Waals surface area contributed by atoms with E-state index < -0.39 is 12.7 Å². The van der Waals surface area contributed by atoms with Crippen molar-refractivity contribution >= 4 is 28.1 Å². The Morgan fingerprint density at radius 2 is 1.84 bits per heavy atom. The number of nitrogens with zero attached hydrogens (tertiary/aromatic N) is 2. The number of carbonyl (C=O) groups excluding carboxylic acids is 1. The van der Waals surface area contributed by atoms with E-state index in [1.807, 2.05) is 19.9 Å². The quantitative estimate of drug-likeness (QED) is 0.185. The third-order valence-electron chi connectivity index (χ3n) is 6.94. The van der Waals surface area contributed by atoms with Crippen LogP contribution in [0.4, 0.5) is 24.5 Å². The molecule has 1 fully saturated rings. The highest BCUT2D eigenvalue weighted by atomic mass is 19.4. The zero-order valence-electron chi connectivity index (χ0n) is 24.9. The molecule has 43 heavy (non-hydrogen) atoms. The summed E-state index contributed by atoms with van der Waals surface area (Å²) in [6, 6.07) is 12.2. The number of hydrogen-bond acceptors (Lipinski definition) is 6. The molecular weight excluding hydrogens is 557 g/mol. The second kappa shape index (κ2) is 16.2. The standard InChI is InChI=1S/C30H35F3N4O3.C2H6.CH4/c1-20(38)18-36-14-11-23(12-15-36)35-26-7-4-8-28-25(26)17-24(37(28)19-30(31,32)33)6-5-13-34-27-10-9-22(21(2)39)16-29(27)40-3;1-2;/h4,7-10,16-17,20,23,34-35,38H,11-15,18-19H2,1-3H3;1-2H3;1H4. The minimum absolute atomic E-state index is 0. The van der Waals surface area contributed by atoms with E-state index >= 15 is 0 Å². The number of aliphatic hydroxyl groups is 1. The van der Waals surface area contributed by atoms with Gasteiger partial charge in [0.25, 0.3) is 0 Å². The fourth-order valence-corrected chi connectivity index (χ4v) is 5.05. The van der Waals surface area contributed by atoms with Crippen LogP contribution in [0.15, 0.2) is 42.5 Å². The van der Waals surface area contributed by atoms with E-state index in [0.717, 1.165) is 31.6 Å². The molecule has 1 aliphatic heterocycles. The summed E-state index contributed by atoms with van der Waals surface area (Å²) >= 11 is 0. The fraction of sp³-hybridized carbons (Fsp3) is 0.485. The first-order chi connectivity index (χ1) is 20.0. The number of β-amino-alcohol motifs (C(OH)–C–C–N with tert-alkyl or cyclic N) is 1. The smallest absolute Gasteiger partial charge is 0.406 e. The minimum atomic E-state index is -4.41. The van der Waals surface area contributed by atoms with E-state index in [2.05, 4.69) is 27.4 Å². The number of ether oxygens (including phenoxy) is 1. The van der Waals surface area contributed by atoms with Gasteiger partial charge in [-0.2, -0.15) is 13.2 Å². The predicted molar refractivity (Wildman–Crippen MR) is 169 cm³/mol. The molecule has 0 amide bonds. The van der Waals surface area contributed by atoms with Crippen LogP contribution in [-0.2, 0) is 6.54 Å². The molecule has 1 saturated heterocycles. The summed E-state index contributed by atoms with van der Waals surface area (Å²) in [5.41, 5.74) is 2.66. The minimum Gasteiger partial charge on any atom is -0.495 e. The van der Waals surface area contributed by atoms with Gasteiger partial charge in [-0.1, -0.05) is 33.3 Å². The molecule has 236 valence electrons. The number of piperidine rings is 1. The lowest BCUT2D eigenvalue weighted by Crippen LogP contribution is -2.41. The number of nitrogens with one attached hydrogen (secondary N) is 2. The van der Waals surface area contributed by atoms with Gasteiger partial charge in [0.2, 0.25) is 0 Å². The first-order valence-electron chi connectivity index (χ1n) is 14.3. The van der Waals surface area contributed by atoms with Crippen molar-refractivity contribution in [1.29, 1.82) is 0 Å². The van der Waals surface area contributed by atoms with Crippen molar-refractivity contribution in [2.75, 3.05) is 43.9 Å². The molecule has 4 rings (SSSR count). The topological polar surface area (TPSA) is 78.8 Å². The van der Waals surface area contributed by atoms with E-state index in [0.29, 0.717) is 34.4 Å². The van der Waals surface area contributed by atoms with Crippen molar-refractivity contribution in [2.45, 2.75) is 72.8 Å². The molecule has 1 unspecified atom stereocenters. The second-order valence-electron chi connectivity index (χ2n) is 10.2. The largest absolute Gasteiger partial charge is 0.495 e. The third kappa shape index (κ3) is 9.94. The Balaban J connectivity index is 0.00000211. The van der Waals surface area contributed by atoms with Crippen LogP contribution in [0.1, 0.15) is 64.0 Å². The third-order valence-corrected chi connectivity index (χ3v) is 6.94. The highest BCUT2D eigenvalue weighted by Gasteiger charge is 2.30. The van der Waals surface area contributed by atoms with Crippen molar-refractivity contribution in [2.24, 2.45) is 0 Å². The van der Waals surface area contributed by atoms with Gasteiger partial charge in [-0.15, -0.1) is 0 Å². The molecule has 1 aliphatic rings. The normalized spacial score (nSPS) is 14.4. The molecule has 10 heteroatoms. The predicted octanol–water partition coefficient (Wildman–Crippen LogP) is 6.80. The lowest BCUT2D eigenvalue weighted by Gasteiger charge is -2.33. The van der Waals surface area contributed by atoms with Crippen LogP contribution in [0.2, 0.25) is 0 Å². The molecule has 2 heterocycles. The Morgan fingerprint density at radius 1 is 1.14 bits per heavy atom. The van der Waals surface area contributed by atoms with Gasteiger partial charge >= 0.3 is 6.18 Å². The van der Waals surface area contributed by atoms with Gasteiger partial charge < -0.3 is 29.9 Å². The molecule has 0 spiro atoms. The van der Waals surface area contributed by atoms with E-state index in [1.165, 1.54) is 18.6 Å². The molecule has 3 aromatic rings. The van der Waals surface area contributed by atoms with Gasteiger partial charge in [0.1, 0.15) is 12.3 Å². The van der Waals surface area contributed by atoms with Crippen LogP contribution in [-0.4, -0.2) is 72.0 Å². The summed E-state index contributed by atoms with van der Waals surface area (Å²) in [5, 5.41) is 17.0. The summed E-state index contributed by atoms with van der Waals surface area (Å²) in [6.45, 7) is 8.59. The fourth-order valence-electron chi connectivity index (χ4n) is 5.05. The van der Waals surface area contributed by atoms with Crippen LogP contribution in [0, 0.1) is 11.8 Å². The lowest BCUT2D eigenvalue weighted by atomic mass is 10.0. The Bertz CT molecular complexity index is 1400. The molecule has 1 atom stereocenters. The number of aromatic nitrogens is 1. The summed E-state index contributed by atoms with van der Waals surface area (Å²) in [6.07, 6.45) is -3.04. The Labute approximate surface area is 253 Å². The molecule has 0 bridgehead atoms. The number of methoxy groups -OCH3 is 1. The summed E-state index contributed by atoms with van der Waals surface area (Å²) in [7, 11) is 1.50. The Morgan fingerprint density at radius 3 is 2.44 bits per heavy atom. The number of halogens is 3. The Kier molecular flexibility index (Phi) is 13.4. The number of benzene rings is 2. The molecule has 0 saturated carbocycles. The first kappa shape index (κ1) is 35.5. The number of fused-ring (bicyclic) bond motifs is 1. The highest BCUT2D eigenvalue weighted by Crippen LogP contribution is 2.31. The number of aliphatic hydroxyl groups excluding tert-OH is 1. The molecule has 0 radical (unpaired) electrons. The molecule has 7 nitrogen and oxygen atoms in total. The molecule has 1 aromatic heterocycles. The van der Waals surface area contributed by atoms with Crippen molar-refractivity contribution in [1.82, 2.24) is 9.47 Å². The maximum Gasteiger partial charge on any atom is 0.406 e. The van der Waals surface area contributed by atoms with Crippen LogP contribution >= 0.6 is 0 Å². The van der Waals surface area contributed by atoms with Gasteiger partial charge in [-0.3, -0.25) is 4.79 Å². The first-order valence-corrected chi connectivity index (χ1v) is 14.3. The van der Waals surface area contributed by atoms with Gasteiger partial charge in [-0.05, 0) is 69.0 Å². The van der Waals surface area contributed by atoms with Crippen molar-refractivity contribution in [3.8, 4) is 17.6 Å². The van der Waals surface area contributed by atoms with Crippen LogP contribution < -0.4 is 15.4 Å². The summed E-state index contributed by atoms with van der Waals surface area (Å²) in [4.78, 5) is 13.9. The number of carbonyl (C=O) groups is 1. The lowest BCUT2D eigenvalue weighted by molar-refractivity contribution is -0.140. The molecule has 3 N–H and O–H groups in total. The van der Waals surface area contributed by atoms with Crippen LogP contribution in [0.25, 0.3) is 10.9 Å². The monoisotopic (exact) mass is 602 g/mol. The van der Waals surface area contributed by atoms with E-state index in [-0.39, 0.29) is 37.6 Å². The maximum absolute atomic E-state index is 13.6. The highest BCUT2D eigenvalue weighted by molar-refractivity contribution is 5.95. The van der Waals surface area contributed by atoms with Crippen molar-refractivity contribution < 1.29 is 27.8 Å². The Hall–Kier alpha value is -3.68. The average molecular weight is 603 g/mol. The van der Waals surface area contributed by atoms with Gasteiger partial charge in [0.15, 0.2) is 5.78 Å². The van der Waals surface area contributed by atoms with E-state index in [4.69, 9.17) is 4.74 Å². The van der Waals surface area contributed by atoms with Crippen LogP contribution in [0.3, 0.4) is 0 Å². The zero-order valence-corrected chi connectivity index (χ0v) is 24.9. The van der Waals surface area contributed by atoms with Crippen LogP contribution in [0.5, 0.6) is 5.75 Å². The van der Waals surface area contributed by atoms with Gasteiger partial charge in [-0.25, -0.2) is 0 Å². The number of likely N-dealkylation sites (tertiary alicyclic amines) is 1. The number of alkyl halides is 3. The molecular formula is C33H45F3N4O3. The SMILES string of the molecule is C.CC.COc1cc(C(C)=O)ccc1NCC#Cc1cc2c(NC3CCN(CC(C)O)CC3)cccc2n1CC(F)(F)F. The average Bonchev–Trinajstić information content (AvgIpc) is 3.29. The number of Topliss-reactive ketones (excluding diaryl/α,β-unsaturated/α-hetero) is 1. The van der Waals surface area contributed by atoms with Gasteiger partial charge in [0.05, 0.1) is 36.7 Å². The molecule has 0 aliphatic carbocycles.